The average molecular weight is 1990 g/mol. The molecule has 0 amide bonds. The van der Waals surface area contributed by atoms with Crippen LogP contribution in [0.4, 0.5) is 102 Å². The van der Waals surface area contributed by atoms with E-state index in [2.05, 4.69) is 334 Å². The van der Waals surface area contributed by atoms with Crippen molar-refractivity contribution in [2.45, 2.75) is 243 Å². The van der Waals surface area contributed by atoms with Gasteiger partial charge in [-0.15, -0.1) is 22.7 Å². The molecule has 0 saturated heterocycles. The number of hydrogen-bond donors (Lipinski definition) is 0. The molecule has 6 aliphatic heterocycles. The van der Waals surface area contributed by atoms with Gasteiger partial charge in [0.25, 0.3) is 20.1 Å². The molecular weight excluding hydrogens is 1830 g/mol. The van der Waals surface area contributed by atoms with Crippen LogP contribution in [0, 0.1) is 6.92 Å². The topological polar surface area (TPSA) is 19.4 Å². The first-order chi connectivity index (χ1) is 78.3. The minimum absolute atomic E-state index is 0.00376. The van der Waals surface area contributed by atoms with Crippen molar-refractivity contribution in [2.75, 3.05) is 29.4 Å². The molecule has 11 heteroatoms. The van der Waals surface area contributed by atoms with Crippen molar-refractivity contribution in [3.8, 4) is 11.1 Å². The molecule has 0 atom stereocenters. The Morgan fingerprint density at radius 3 is 1.03 bits per heavy atom. The number of aryl methyl sites for hydroxylation is 1. The van der Waals surface area contributed by atoms with Crippen molar-refractivity contribution in [3.05, 3.63) is 400 Å². The minimum Gasteiger partial charge on any atom is -0.311 e. The first kappa shape index (κ1) is 77.8. The van der Waals surface area contributed by atoms with Crippen molar-refractivity contribution in [1.29, 1.82) is 0 Å². The van der Waals surface area contributed by atoms with Crippen molar-refractivity contribution in [1.82, 2.24) is 0 Å². The van der Waals surface area contributed by atoms with Gasteiger partial charge in [0.05, 0.1) is 33.1 Å². The second-order valence-corrected chi connectivity index (χ2v) is 52.0. The fraction of sp³-hybridized carbons (Fsp3) is 0.270. The van der Waals surface area contributed by atoms with Crippen molar-refractivity contribution >= 4 is 215 Å². The van der Waals surface area contributed by atoms with E-state index in [4.69, 9.17) is 21.9 Å². The Morgan fingerprint density at radius 1 is 0.223 bits per heavy atom. The Hall–Kier alpha value is -13.6. The van der Waals surface area contributed by atoms with Gasteiger partial charge in [-0.2, -0.15) is 0 Å². The maximum absolute atomic E-state index is 9.37. The van der Waals surface area contributed by atoms with E-state index < -0.39 is 96.8 Å². The highest BCUT2D eigenvalue weighted by Gasteiger charge is 2.51. The molecule has 0 unspecified atom stereocenters. The second kappa shape index (κ2) is 35.9. The highest BCUT2D eigenvalue weighted by Crippen LogP contribution is 2.55. The van der Waals surface area contributed by atoms with Gasteiger partial charge < -0.3 is 29.4 Å². The normalized spacial score (nSPS) is 16.0. The summed E-state index contributed by atoms with van der Waals surface area (Å²) in [6.45, 7) is 61.5. The van der Waals surface area contributed by atoms with Crippen LogP contribution in [-0.4, -0.2) is 20.1 Å². The van der Waals surface area contributed by atoms with Crippen LogP contribution in [0.2, 0.25) is 0 Å². The molecule has 16 aromatic carbocycles. The molecule has 0 bridgehead atoms. The molecule has 24 rings (SSSR count). The summed E-state index contributed by atoms with van der Waals surface area (Å²) in [7, 11) is 0. The molecule has 0 aliphatic carbocycles. The van der Waals surface area contributed by atoms with Crippen LogP contribution >= 0.6 is 22.7 Å². The smallest absolute Gasteiger partial charge is 0.252 e. The molecule has 8 heterocycles. The summed E-state index contributed by atoms with van der Waals surface area (Å²) < 4.78 is 179. The Labute approximate surface area is 919 Å². The number of nitrogens with zero attached hydrogens (tertiary/aromatic N) is 6. The molecule has 148 heavy (non-hydrogen) atoms. The van der Waals surface area contributed by atoms with Crippen molar-refractivity contribution < 1.29 is 27.4 Å². The Balaban J connectivity index is 0.000000139. The van der Waals surface area contributed by atoms with Gasteiger partial charge in [0, 0.05) is 112 Å². The lowest BCUT2D eigenvalue weighted by Crippen LogP contribution is -2.61. The Bertz CT molecular complexity index is 9450. The van der Waals surface area contributed by atoms with Crippen LogP contribution in [-0.2, 0) is 48.7 Å². The third-order valence-corrected chi connectivity index (χ3v) is 32.5. The van der Waals surface area contributed by atoms with Gasteiger partial charge in [-0.3, -0.25) is 0 Å². The third-order valence-electron chi connectivity index (χ3n) is 30.7. The molecule has 740 valence electrons. The number of para-hydroxylation sites is 5. The van der Waals surface area contributed by atoms with Crippen molar-refractivity contribution in [2.24, 2.45) is 0 Å². The summed E-state index contributed by atoms with van der Waals surface area (Å²) >= 11 is 3.22. The Kier molecular flexibility index (Phi) is 18.8. The highest BCUT2D eigenvalue weighted by atomic mass is 32.1. The van der Waals surface area contributed by atoms with Crippen LogP contribution < -0.4 is 78.6 Å². The largest absolute Gasteiger partial charge is 0.311 e. The molecule has 6 aliphatic rings. The lowest BCUT2D eigenvalue weighted by atomic mass is 9.32. The summed E-state index contributed by atoms with van der Waals surface area (Å²) in [6.07, 6.45) is 0. The molecular formula is C137H141B3N6S2. The predicted molar refractivity (Wildman–Crippen MR) is 651 cm³/mol. The fourth-order valence-corrected chi connectivity index (χ4v) is 24.6. The van der Waals surface area contributed by atoms with E-state index in [0.29, 0.717) is 45.5 Å². The molecule has 6 nitrogen and oxygen atoms in total. The van der Waals surface area contributed by atoms with Gasteiger partial charge in [-0.25, -0.2) is 0 Å². The number of fused-ring (bicyclic) bond motifs is 16. The van der Waals surface area contributed by atoms with Crippen LogP contribution in [0.1, 0.15) is 270 Å². The van der Waals surface area contributed by atoms with E-state index in [-0.39, 0.29) is 116 Å². The fourth-order valence-electron chi connectivity index (χ4n) is 22.7. The van der Waals surface area contributed by atoms with E-state index in [1.165, 1.54) is 95.0 Å². The van der Waals surface area contributed by atoms with Crippen molar-refractivity contribution in [3.63, 3.8) is 0 Å². The highest BCUT2D eigenvalue weighted by molar-refractivity contribution is 7.18. The van der Waals surface area contributed by atoms with E-state index in [0.717, 1.165) is 75.2 Å². The van der Waals surface area contributed by atoms with Gasteiger partial charge >= 0.3 is 0 Å². The number of thiophene rings is 2. The van der Waals surface area contributed by atoms with Gasteiger partial charge in [0.1, 0.15) is 0 Å². The molecule has 0 saturated carbocycles. The standard InChI is InChI=1S/C57H67BN2.C44H45BN2S.C36H29BN2S/c1-36-31-50-52-51(32-36)60(47-28-23-40(55(8,9)10)33-44(47)37-17-19-38(20-18-37)53(2,3)4)49-30-25-42(57(14,15)16)35-46(49)58(52)45-34-41(56(11,12)13)24-29-48(45)59(50)43-26-21-39(22-27-43)54(5,6)7;1-42(2,3)28-20-21-34-35(24-28)46(30-16-12-10-13-17-30)36-25-29(43(4,5)6)26-37-40(36)45(34)39-32-22-23-48-41(32)33(44(7,8)9)27-38(39)47(37)31-18-14-11-15-19-31;1-36(2,3)24-22-31-35-32(23-24)39(26-14-8-5-9-15-26)30-18-19-33-27(20-21-40-33)34(30)37(35)28-16-10-11-17-29(28)38(31)25-12-6-4-7-13-25/h17-35H,1-16H3;10-27H,1-9H3;4-23H,1-3H3/i;10D,11D,12D,13D,14D,15D,16D,17D,18D,19D;4D,5D,6D,7D,8D,9D,12D,13D,14D,15D. The molecule has 2 aromatic heterocycles. The summed E-state index contributed by atoms with van der Waals surface area (Å²) in [6, 6.07) is 69.4. The third kappa shape index (κ3) is 17.2. The van der Waals surface area contributed by atoms with E-state index >= 15 is 0 Å². The average Bonchev–Trinajstić information content (AvgIpc) is 0.990. The van der Waals surface area contributed by atoms with Gasteiger partial charge in [-0.05, 0) is 351 Å². The maximum atomic E-state index is 9.37. The second-order valence-electron chi connectivity index (χ2n) is 50.1. The summed E-state index contributed by atoms with van der Waals surface area (Å²) in [5.74, 6) is 0. The van der Waals surface area contributed by atoms with Crippen LogP contribution in [0.15, 0.2) is 344 Å². The van der Waals surface area contributed by atoms with Gasteiger partial charge in [-0.1, -0.05) is 357 Å². The molecule has 18 aromatic rings. The van der Waals surface area contributed by atoms with E-state index in [1.54, 1.807) is 32.5 Å². The zero-order valence-corrected chi connectivity index (χ0v) is 92.2. The van der Waals surface area contributed by atoms with Gasteiger partial charge in [0.15, 0.2) is 0 Å². The maximum Gasteiger partial charge on any atom is 0.252 e. The monoisotopic (exact) mass is 1990 g/mol. The first-order valence-corrected chi connectivity index (χ1v) is 53.6. The summed E-state index contributed by atoms with van der Waals surface area (Å²) in [5, 5.41) is 6.01. The summed E-state index contributed by atoms with van der Waals surface area (Å²) in [4.78, 5) is 12.3. The zero-order valence-electron chi connectivity index (χ0n) is 111. The molecule has 0 fully saturated rings. The number of rotatable bonds is 7. The SMILES string of the molecule is Cc1cc2c3c(c1)N(c1ccc(C(C)(C)C)cc1-c1ccc(C(C)(C)C)cc1)c1ccc(C(C)(C)C)cc1B3c1cc(C(C)(C)C)ccc1N2c1ccc(C(C)(C)C)cc1.[2H]c1c([2H])c([2H])c(N2c3cc(C(C)(C)C)ccc3B3c4c2cc(C(C)(C)C)cc4N(c2c([2H])c([2H])c([2H])c([2H])c2[2H])c2cc(C(C)(C)C)c4sccc4c23)c([2H])c1[2H].[2H]c1c([2H])c([2H])c(N2c3ccccc3B3c4c2cc(C(C)(C)C)cc4N(c2c([2H])c([2H])c([2H])c([2H])c2[2H])c2ccc4sccc4c23)c([2H])c1[2H]. The van der Waals surface area contributed by atoms with E-state index in [1.807, 2.05) is 103 Å². The Morgan fingerprint density at radius 2 is 0.554 bits per heavy atom. The number of benzene rings is 16. The van der Waals surface area contributed by atoms with Crippen LogP contribution in [0.5, 0.6) is 0 Å². The first-order valence-electron chi connectivity index (χ1n) is 61.9. The lowest BCUT2D eigenvalue weighted by molar-refractivity contribution is 0.589. The quantitative estimate of drug-likeness (QED) is 0.147. The molecule has 0 radical (unpaired) electrons. The lowest BCUT2D eigenvalue weighted by Gasteiger charge is -2.46. The number of hydrogen-bond acceptors (Lipinski definition) is 8. The van der Waals surface area contributed by atoms with Crippen LogP contribution in [0.3, 0.4) is 0 Å². The minimum atomic E-state index is -0.487. The predicted octanol–water partition coefficient (Wildman–Crippen LogP) is 33.4. The number of anilines is 18. The molecule has 0 N–H and O–H groups in total. The van der Waals surface area contributed by atoms with Crippen LogP contribution in [0.25, 0.3) is 31.3 Å². The zero-order chi connectivity index (χ0) is 122. The van der Waals surface area contributed by atoms with E-state index in [9.17, 15) is 5.48 Å². The van der Waals surface area contributed by atoms with Gasteiger partial charge in [0.2, 0.25) is 0 Å². The molecule has 0 spiro atoms. The summed E-state index contributed by atoms with van der Waals surface area (Å²) in [5.41, 5.74) is 34.4.